The van der Waals surface area contributed by atoms with Crippen molar-refractivity contribution in [2.24, 2.45) is 0 Å². The number of hydrogen-bond donors (Lipinski definition) is 0. The van der Waals surface area contributed by atoms with E-state index < -0.39 is 0 Å². The monoisotopic (exact) mass is 910 g/mol. The molecule has 6 nitrogen and oxygen atoms in total. The molecular weight excluding hydrogens is 865 g/mol. The van der Waals surface area contributed by atoms with E-state index in [2.05, 4.69) is 278 Å². The summed E-state index contributed by atoms with van der Waals surface area (Å²) >= 11 is 0. The van der Waals surface area contributed by atoms with Gasteiger partial charge < -0.3 is 18.9 Å². The van der Waals surface area contributed by atoms with E-state index in [4.69, 9.17) is 0 Å². The summed E-state index contributed by atoms with van der Waals surface area (Å²) in [7, 11) is 0. The van der Waals surface area contributed by atoms with Crippen LogP contribution in [0.25, 0.3) is 77.2 Å². The maximum Gasteiger partial charge on any atom is 0.115 e. The fraction of sp³-hybridized carbons (Fsp3) is 0.0154. The molecule has 13 aromatic rings. The van der Waals surface area contributed by atoms with Gasteiger partial charge in [-0.15, -0.1) is 0 Å². The Morgan fingerprint density at radius 1 is 0.296 bits per heavy atom. The topological polar surface area (TPSA) is 42.1 Å². The first kappa shape index (κ1) is 41.7. The van der Waals surface area contributed by atoms with Gasteiger partial charge in [0.1, 0.15) is 6.33 Å². The van der Waals surface area contributed by atoms with Gasteiger partial charge in [0.15, 0.2) is 0 Å². The summed E-state index contributed by atoms with van der Waals surface area (Å²) in [6.45, 7) is 2.29. The second-order valence-electron chi connectivity index (χ2n) is 18.0. The minimum Gasteiger partial charge on any atom is -0.310 e. The normalized spacial score (nSPS) is 11.5. The summed E-state index contributed by atoms with van der Waals surface area (Å²) in [6, 6.07) is 87.5. The van der Waals surface area contributed by atoms with Crippen LogP contribution in [0.2, 0.25) is 0 Å². The van der Waals surface area contributed by atoms with Gasteiger partial charge in [-0.2, -0.15) is 0 Å². The lowest BCUT2D eigenvalue weighted by Crippen LogP contribution is -2.09. The quantitative estimate of drug-likeness (QED) is 0.137. The van der Waals surface area contributed by atoms with Crippen molar-refractivity contribution in [2.45, 2.75) is 6.92 Å². The van der Waals surface area contributed by atoms with Gasteiger partial charge in [0.05, 0.1) is 33.4 Å². The second-order valence-corrected chi connectivity index (χ2v) is 18.0. The predicted molar refractivity (Wildman–Crippen MR) is 296 cm³/mol. The molecule has 0 amide bonds. The molecule has 13 rings (SSSR count). The highest BCUT2D eigenvalue weighted by atomic mass is 15.1. The zero-order chi connectivity index (χ0) is 47.3. The maximum atomic E-state index is 4.37. The maximum absolute atomic E-state index is 4.37. The summed E-state index contributed by atoms with van der Waals surface area (Å²) in [5.41, 5.74) is 18.7. The molecule has 71 heavy (non-hydrogen) atoms. The fourth-order valence-corrected chi connectivity index (χ4v) is 10.6. The predicted octanol–water partition coefficient (Wildman–Crippen LogP) is 17.3. The highest BCUT2D eigenvalue weighted by molar-refractivity contribution is 6.12. The van der Waals surface area contributed by atoms with Gasteiger partial charge >= 0.3 is 0 Å². The first-order valence-corrected chi connectivity index (χ1v) is 24.0. The van der Waals surface area contributed by atoms with Crippen molar-refractivity contribution < 1.29 is 0 Å². The van der Waals surface area contributed by atoms with E-state index in [1.54, 1.807) is 6.33 Å². The molecule has 0 saturated carbocycles. The van der Waals surface area contributed by atoms with Crippen LogP contribution in [0, 0.1) is 6.92 Å². The van der Waals surface area contributed by atoms with Crippen LogP contribution in [-0.4, -0.2) is 19.1 Å². The standard InChI is InChI=1S/C65H46N6/c1-45-64(70-60-31-16-14-29-56(60)58-40-54(33-35-62(58)70)68(50-21-6-2-7-22-50)51-23-8-3-9-24-51)38-48(46-19-18-20-47(37-46)49-42-66-44-67-43-49)39-65(45)71-61-32-17-15-30-57(61)59-41-55(34-36-63(59)71)69(52-25-10-4-11-26-52)53-27-12-5-13-28-53/h2-44H,1H3. The lowest BCUT2D eigenvalue weighted by molar-refractivity contribution is 1.09. The second kappa shape index (κ2) is 17.5. The molecule has 0 fully saturated rings. The van der Waals surface area contributed by atoms with Crippen molar-refractivity contribution in [3.8, 4) is 33.6 Å². The molecule has 0 spiro atoms. The Morgan fingerprint density at radius 3 is 1.11 bits per heavy atom. The number of fused-ring (bicyclic) bond motifs is 6. The first-order chi connectivity index (χ1) is 35.2. The van der Waals surface area contributed by atoms with E-state index in [0.29, 0.717) is 0 Å². The number of hydrogen-bond acceptors (Lipinski definition) is 4. The summed E-state index contributed by atoms with van der Waals surface area (Å²) in [6.07, 6.45) is 5.34. The van der Waals surface area contributed by atoms with Crippen molar-refractivity contribution in [2.75, 3.05) is 9.80 Å². The van der Waals surface area contributed by atoms with E-state index >= 15 is 0 Å². The molecule has 0 saturated heterocycles. The molecule has 0 aliphatic rings. The smallest absolute Gasteiger partial charge is 0.115 e. The van der Waals surface area contributed by atoms with Crippen LogP contribution in [0.5, 0.6) is 0 Å². The van der Waals surface area contributed by atoms with Crippen molar-refractivity contribution in [1.82, 2.24) is 19.1 Å². The Morgan fingerprint density at radius 2 is 0.676 bits per heavy atom. The summed E-state index contributed by atoms with van der Waals surface area (Å²) in [5.74, 6) is 0. The van der Waals surface area contributed by atoms with Crippen LogP contribution in [-0.2, 0) is 0 Å². The van der Waals surface area contributed by atoms with Crippen LogP contribution in [0.3, 0.4) is 0 Å². The lowest BCUT2D eigenvalue weighted by Gasteiger charge is -2.25. The number of para-hydroxylation sites is 6. The van der Waals surface area contributed by atoms with Gasteiger partial charge in [-0.05, 0) is 144 Å². The number of anilines is 6. The minimum atomic E-state index is 0.971. The SMILES string of the molecule is Cc1c(-n2c3ccccc3c3cc(N(c4ccccc4)c4ccccc4)ccc32)cc(-c2cccc(-c3cncnc3)c2)cc1-n1c2ccccc2c2cc(N(c3ccccc3)c3ccccc3)ccc21. The summed E-state index contributed by atoms with van der Waals surface area (Å²) in [4.78, 5) is 13.4. The van der Waals surface area contributed by atoms with Crippen LogP contribution >= 0.6 is 0 Å². The van der Waals surface area contributed by atoms with E-state index in [1.165, 1.54) is 21.5 Å². The Bertz CT molecular complexity index is 3750. The molecule has 0 N–H and O–H groups in total. The Balaban J connectivity index is 1.06. The average Bonchev–Trinajstić information content (AvgIpc) is 3.95. The molecule has 6 heteroatoms. The van der Waals surface area contributed by atoms with Crippen LogP contribution in [0.15, 0.2) is 261 Å². The van der Waals surface area contributed by atoms with E-state index in [0.717, 1.165) is 95.4 Å². The Kier molecular flexibility index (Phi) is 10.3. The van der Waals surface area contributed by atoms with Gasteiger partial charge in [0, 0.05) is 73.6 Å². The number of benzene rings is 10. The molecule has 0 radical (unpaired) electrons. The van der Waals surface area contributed by atoms with Crippen molar-refractivity contribution >= 4 is 77.7 Å². The minimum absolute atomic E-state index is 0.971. The zero-order valence-electron chi connectivity index (χ0n) is 39.0. The van der Waals surface area contributed by atoms with E-state index in [-0.39, 0.29) is 0 Å². The molecule has 10 aromatic carbocycles. The summed E-state index contributed by atoms with van der Waals surface area (Å²) in [5, 5.41) is 4.73. The highest BCUT2D eigenvalue weighted by Crippen LogP contribution is 2.44. The third-order valence-electron chi connectivity index (χ3n) is 13.8. The molecule has 3 aromatic heterocycles. The number of nitrogens with zero attached hydrogens (tertiary/aromatic N) is 6. The molecule has 0 bridgehead atoms. The van der Waals surface area contributed by atoms with Crippen LogP contribution in [0.1, 0.15) is 5.56 Å². The lowest BCUT2D eigenvalue weighted by atomic mass is 9.97. The average molecular weight is 911 g/mol. The van der Waals surface area contributed by atoms with E-state index in [9.17, 15) is 0 Å². The third kappa shape index (κ3) is 7.29. The molecule has 3 heterocycles. The number of aromatic nitrogens is 4. The zero-order valence-corrected chi connectivity index (χ0v) is 39.0. The molecule has 0 aliphatic carbocycles. The van der Waals surface area contributed by atoms with Crippen molar-refractivity contribution in [3.05, 3.63) is 267 Å². The van der Waals surface area contributed by atoms with E-state index in [1.807, 2.05) is 12.4 Å². The van der Waals surface area contributed by atoms with Crippen molar-refractivity contribution in [1.29, 1.82) is 0 Å². The molecular formula is C65H46N6. The van der Waals surface area contributed by atoms with Gasteiger partial charge in [0.2, 0.25) is 0 Å². The van der Waals surface area contributed by atoms with Gasteiger partial charge in [-0.1, -0.05) is 127 Å². The number of rotatable bonds is 10. The largest absolute Gasteiger partial charge is 0.310 e. The highest BCUT2D eigenvalue weighted by Gasteiger charge is 2.23. The Hall–Kier alpha value is -9.52. The van der Waals surface area contributed by atoms with Gasteiger partial charge in [-0.25, -0.2) is 9.97 Å². The molecule has 0 aliphatic heterocycles. The third-order valence-corrected chi connectivity index (χ3v) is 13.8. The van der Waals surface area contributed by atoms with Crippen LogP contribution < -0.4 is 9.80 Å². The first-order valence-electron chi connectivity index (χ1n) is 24.0. The van der Waals surface area contributed by atoms with Crippen molar-refractivity contribution in [3.63, 3.8) is 0 Å². The summed E-state index contributed by atoms with van der Waals surface area (Å²) < 4.78 is 4.95. The van der Waals surface area contributed by atoms with Gasteiger partial charge in [-0.3, -0.25) is 0 Å². The van der Waals surface area contributed by atoms with Crippen LogP contribution in [0.4, 0.5) is 34.1 Å². The Labute approximate surface area is 412 Å². The van der Waals surface area contributed by atoms with Gasteiger partial charge in [0.25, 0.3) is 0 Å². The molecule has 0 atom stereocenters. The fourth-order valence-electron chi connectivity index (χ4n) is 10.6. The molecule has 0 unspecified atom stereocenters. The molecule has 336 valence electrons.